The molecule has 0 unspecified atom stereocenters. The highest BCUT2D eigenvalue weighted by molar-refractivity contribution is 5.94. The summed E-state index contributed by atoms with van der Waals surface area (Å²) >= 11 is 0. The summed E-state index contributed by atoms with van der Waals surface area (Å²) in [6.07, 6.45) is 3.15. The Hall–Kier alpha value is -3.22. The third-order valence-corrected chi connectivity index (χ3v) is 3.13. The van der Waals surface area contributed by atoms with Crippen LogP contribution in [0.25, 0.3) is 5.65 Å². The zero-order valence-electron chi connectivity index (χ0n) is 11.6. The van der Waals surface area contributed by atoms with Crippen LogP contribution < -0.4 is 11.1 Å². The smallest absolute Gasteiger partial charge is 0.271 e. The highest BCUT2D eigenvalue weighted by Gasteiger charge is 2.13. The predicted octanol–water partition coefficient (Wildman–Crippen LogP) is 0.758. The van der Waals surface area contributed by atoms with Gasteiger partial charge in [-0.25, -0.2) is 4.98 Å². The molecule has 3 heterocycles. The van der Waals surface area contributed by atoms with E-state index < -0.39 is 5.91 Å². The molecule has 3 rings (SSSR count). The second kappa shape index (κ2) is 5.65. The van der Waals surface area contributed by atoms with Gasteiger partial charge in [-0.05, 0) is 24.3 Å². The van der Waals surface area contributed by atoms with E-state index in [1.807, 2.05) is 12.1 Å². The SMILES string of the molecule is NC(=O)c1cccc2nc(C(=O)NCc3ccccn3)cn12. The van der Waals surface area contributed by atoms with E-state index in [1.165, 1.54) is 10.6 Å². The van der Waals surface area contributed by atoms with Crippen molar-refractivity contribution in [3.63, 3.8) is 0 Å². The van der Waals surface area contributed by atoms with Crippen molar-refractivity contribution in [2.75, 3.05) is 0 Å². The highest BCUT2D eigenvalue weighted by Crippen LogP contribution is 2.09. The molecule has 0 radical (unpaired) electrons. The third-order valence-electron chi connectivity index (χ3n) is 3.13. The van der Waals surface area contributed by atoms with Gasteiger partial charge in [-0.15, -0.1) is 0 Å². The average Bonchev–Trinajstić information content (AvgIpc) is 2.97. The second-order valence-electron chi connectivity index (χ2n) is 4.63. The normalized spacial score (nSPS) is 10.5. The topological polar surface area (TPSA) is 102 Å². The number of pyridine rings is 2. The molecule has 0 aliphatic rings. The number of primary amides is 1. The predicted molar refractivity (Wildman–Crippen MR) is 79.1 cm³/mol. The molecule has 7 nitrogen and oxygen atoms in total. The minimum Gasteiger partial charge on any atom is -0.364 e. The van der Waals surface area contributed by atoms with E-state index >= 15 is 0 Å². The average molecular weight is 295 g/mol. The van der Waals surface area contributed by atoms with Gasteiger partial charge in [-0.2, -0.15) is 0 Å². The summed E-state index contributed by atoms with van der Waals surface area (Å²) in [5.41, 5.74) is 7.02. The Bertz CT molecular complexity index is 842. The molecule has 3 aromatic rings. The maximum absolute atomic E-state index is 12.1. The fourth-order valence-electron chi connectivity index (χ4n) is 2.09. The van der Waals surface area contributed by atoms with Crippen molar-refractivity contribution >= 4 is 17.5 Å². The molecule has 2 amide bonds. The van der Waals surface area contributed by atoms with E-state index in [2.05, 4.69) is 15.3 Å². The Morgan fingerprint density at radius 1 is 1.18 bits per heavy atom. The van der Waals surface area contributed by atoms with Crippen LogP contribution in [0.5, 0.6) is 0 Å². The zero-order valence-corrected chi connectivity index (χ0v) is 11.6. The van der Waals surface area contributed by atoms with E-state index in [9.17, 15) is 9.59 Å². The van der Waals surface area contributed by atoms with Crippen molar-refractivity contribution < 1.29 is 9.59 Å². The number of aromatic nitrogens is 3. The summed E-state index contributed by atoms with van der Waals surface area (Å²) < 4.78 is 1.50. The zero-order chi connectivity index (χ0) is 15.5. The third kappa shape index (κ3) is 2.64. The first kappa shape index (κ1) is 13.7. The molecule has 22 heavy (non-hydrogen) atoms. The Kier molecular flexibility index (Phi) is 3.53. The van der Waals surface area contributed by atoms with Gasteiger partial charge in [-0.1, -0.05) is 12.1 Å². The summed E-state index contributed by atoms with van der Waals surface area (Å²) in [5.74, 6) is -0.923. The number of hydrogen-bond donors (Lipinski definition) is 2. The van der Waals surface area contributed by atoms with E-state index in [4.69, 9.17) is 5.73 Å². The van der Waals surface area contributed by atoms with Crippen molar-refractivity contribution in [1.29, 1.82) is 0 Å². The first-order chi connectivity index (χ1) is 10.6. The first-order valence-electron chi connectivity index (χ1n) is 6.61. The van der Waals surface area contributed by atoms with Crippen LogP contribution in [-0.2, 0) is 6.54 Å². The lowest BCUT2D eigenvalue weighted by Gasteiger charge is -2.01. The van der Waals surface area contributed by atoms with Crippen molar-refractivity contribution in [3.05, 3.63) is 65.9 Å². The number of nitrogens with one attached hydrogen (secondary N) is 1. The number of amides is 2. The maximum Gasteiger partial charge on any atom is 0.271 e. The molecule has 0 aliphatic carbocycles. The van der Waals surface area contributed by atoms with Crippen LogP contribution >= 0.6 is 0 Å². The van der Waals surface area contributed by atoms with Gasteiger partial charge >= 0.3 is 0 Å². The molecule has 0 atom stereocenters. The van der Waals surface area contributed by atoms with Crippen molar-refractivity contribution in [3.8, 4) is 0 Å². The minimum absolute atomic E-state index is 0.213. The van der Waals surface area contributed by atoms with Crippen molar-refractivity contribution in [2.24, 2.45) is 5.73 Å². The van der Waals surface area contributed by atoms with Gasteiger partial charge in [0.2, 0.25) is 0 Å². The van der Waals surface area contributed by atoms with E-state index in [1.54, 1.807) is 30.5 Å². The molecule has 3 aromatic heterocycles. The Balaban J connectivity index is 1.82. The van der Waals surface area contributed by atoms with E-state index in [0.29, 0.717) is 12.2 Å². The molecule has 0 aliphatic heterocycles. The molecule has 0 aromatic carbocycles. The van der Waals surface area contributed by atoms with Crippen LogP contribution in [0.15, 0.2) is 48.8 Å². The molecule has 7 heteroatoms. The number of fused-ring (bicyclic) bond motifs is 1. The van der Waals surface area contributed by atoms with Gasteiger partial charge in [0.15, 0.2) is 0 Å². The van der Waals surface area contributed by atoms with Gasteiger partial charge in [-0.3, -0.25) is 19.0 Å². The van der Waals surface area contributed by atoms with Crippen LogP contribution in [0, 0.1) is 0 Å². The molecule has 0 fully saturated rings. The number of rotatable bonds is 4. The molecular weight excluding hydrogens is 282 g/mol. The van der Waals surface area contributed by atoms with E-state index in [0.717, 1.165) is 5.69 Å². The summed E-state index contributed by atoms with van der Waals surface area (Å²) in [6, 6.07) is 10.4. The summed E-state index contributed by atoms with van der Waals surface area (Å²) in [4.78, 5) is 31.8. The standard InChI is InChI=1S/C15H13N5O2/c16-14(21)12-5-3-6-13-19-11(9-20(12)13)15(22)18-8-10-4-1-2-7-17-10/h1-7,9H,8H2,(H2,16,21)(H,18,22). The number of imidazole rings is 1. The van der Waals surface area contributed by atoms with E-state index in [-0.39, 0.29) is 17.3 Å². The highest BCUT2D eigenvalue weighted by atomic mass is 16.2. The number of carbonyl (C=O) groups is 2. The molecule has 0 saturated heterocycles. The number of hydrogen-bond acceptors (Lipinski definition) is 4. The van der Waals surface area contributed by atoms with Gasteiger partial charge in [0, 0.05) is 12.4 Å². The molecule has 0 bridgehead atoms. The van der Waals surface area contributed by atoms with Crippen LogP contribution in [0.1, 0.15) is 26.7 Å². The minimum atomic E-state index is -0.580. The summed E-state index contributed by atoms with van der Waals surface area (Å²) in [7, 11) is 0. The van der Waals surface area contributed by atoms with Crippen LogP contribution in [0.2, 0.25) is 0 Å². The van der Waals surface area contributed by atoms with Gasteiger partial charge in [0.05, 0.1) is 12.2 Å². The van der Waals surface area contributed by atoms with Gasteiger partial charge in [0.1, 0.15) is 17.0 Å². The Labute approximate surface area is 125 Å². The summed E-state index contributed by atoms with van der Waals surface area (Å²) in [5, 5.41) is 2.73. The number of carbonyl (C=O) groups excluding carboxylic acids is 2. The van der Waals surface area contributed by atoms with Crippen LogP contribution in [0.3, 0.4) is 0 Å². The van der Waals surface area contributed by atoms with Crippen molar-refractivity contribution in [2.45, 2.75) is 6.54 Å². The second-order valence-corrected chi connectivity index (χ2v) is 4.63. The fourth-order valence-corrected chi connectivity index (χ4v) is 2.09. The Morgan fingerprint density at radius 3 is 2.77 bits per heavy atom. The quantitative estimate of drug-likeness (QED) is 0.741. The van der Waals surface area contributed by atoms with Crippen molar-refractivity contribution in [1.82, 2.24) is 19.7 Å². The maximum atomic E-state index is 12.1. The number of nitrogens with two attached hydrogens (primary N) is 1. The lowest BCUT2D eigenvalue weighted by molar-refractivity contribution is 0.0944. The van der Waals surface area contributed by atoms with Gasteiger partial charge < -0.3 is 11.1 Å². The van der Waals surface area contributed by atoms with Gasteiger partial charge in [0.25, 0.3) is 11.8 Å². The lowest BCUT2D eigenvalue weighted by atomic mass is 10.3. The molecule has 3 N–H and O–H groups in total. The molecular formula is C15H13N5O2. The van der Waals surface area contributed by atoms with Crippen LogP contribution in [0.4, 0.5) is 0 Å². The lowest BCUT2D eigenvalue weighted by Crippen LogP contribution is -2.23. The molecule has 0 spiro atoms. The largest absolute Gasteiger partial charge is 0.364 e. The molecule has 0 saturated carbocycles. The fraction of sp³-hybridized carbons (Fsp3) is 0.0667. The monoisotopic (exact) mass is 295 g/mol. The summed E-state index contributed by atoms with van der Waals surface area (Å²) in [6.45, 7) is 0.302. The first-order valence-corrected chi connectivity index (χ1v) is 6.61. The molecule has 110 valence electrons. The Morgan fingerprint density at radius 2 is 2.05 bits per heavy atom. The number of nitrogens with zero attached hydrogens (tertiary/aromatic N) is 3. The van der Waals surface area contributed by atoms with Crippen LogP contribution in [-0.4, -0.2) is 26.2 Å².